The van der Waals surface area contributed by atoms with Crippen LogP contribution in [-0.2, 0) is 4.79 Å². The van der Waals surface area contributed by atoms with Gasteiger partial charge in [-0.15, -0.1) is 0 Å². The van der Waals surface area contributed by atoms with Gasteiger partial charge in [0.15, 0.2) is 0 Å². The Bertz CT molecular complexity index is 362. The van der Waals surface area contributed by atoms with Crippen LogP contribution in [0.5, 0.6) is 0 Å². The Labute approximate surface area is 124 Å². The van der Waals surface area contributed by atoms with Crippen LogP contribution in [0.1, 0.15) is 67.2 Å². The van der Waals surface area contributed by atoms with Crippen LogP contribution in [0.25, 0.3) is 0 Å². The molecule has 20 heavy (non-hydrogen) atoms. The van der Waals surface area contributed by atoms with Gasteiger partial charge in [-0.1, -0.05) is 41.5 Å². The molecule has 0 spiro atoms. The summed E-state index contributed by atoms with van der Waals surface area (Å²) >= 11 is 0. The molecule has 1 heterocycles. The van der Waals surface area contributed by atoms with Crippen LogP contribution < -0.4 is 5.32 Å². The van der Waals surface area contributed by atoms with Crippen molar-refractivity contribution in [3.8, 4) is 0 Å². The Morgan fingerprint density at radius 1 is 1.30 bits per heavy atom. The van der Waals surface area contributed by atoms with Gasteiger partial charge in [0.25, 0.3) is 0 Å². The Kier molecular flexibility index (Phi) is 4.48. The molecule has 3 unspecified atom stereocenters. The maximum Gasteiger partial charge on any atom is 0.241 e. The molecule has 2 rings (SSSR count). The molecule has 0 radical (unpaired) electrons. The molecule has 3 atom stereocenters. The monoisotopic (exact) mass is 280 g/mol. The van der Waals surface area contributed by atoms with E-state index in [0.717, 1.165) is 12.8 Å². The quantitative estimate of drug-likeness (QED) is 0.856. The number of carbonyl (C=O) groups is 1. The van der Waals surface area contributed by atoms with Crippen LogP contribution in [0, 0.1) is 17.3 Å². The van der Waals surface area contributed by atoms with Gasteiger partial charge in [-0.3, -0.25) is 10.1 Å². The van der Waals surface area contributed by atoms with Crippen LogP contribution in [0.2, 0.25) is 0 Å². The van der Waals surface area contributed by atoms with Gasteiger partial charge in [0.1, 0.15) is 0 Å². The zero-order valence-corrected chi connectivity index (χ0v) is 14.1. The van der Waals surface area contributed by atoms with Crippen molar-refractivity contribution in [1.82, 2.24) is 10.2 Å². The van der Waals surface area contributed by atoms with Gasteiger partial charge >= 0.3 is 0 Å². The molecule has 2 fully saturated rings. The zero-order valence-electron chi connectivity index (χ0n) is 14.1. The minimum atomic E-state index is 0.0162. The molecule has 0 aromatic carbocycles. The second-order valence-corrected chi connectivity index (χ2v) is 8.34. The second kappa shape index (κ2) is 5.67. The first-order valence-corrected chi connectivity index (χ1v) is 8.29. The lowest BCUT2D eigenvalue weighted by Gasteiger charge is -2.32. The maximum atomic E-state index is 12.8. The molecule has 0 aromatic rings. The van der Waals surface area contributed by atoms with Crippen molar-refractivity contribution in [3.63, 3.8) is 0 Å². The summed E-state index contributed by atoms with van der Waals surface area (Å²) in [5, 5.41) is 3.60. The first-order valence-electron chi connectivity index (χ1n) is 8.29. The summed E-state index contributed by atoms with van der Waals surface area (Å²) in [6.07, 6.45) is 4.86. The maximum absolute atomic E-state index is 12.8. The van der Waals surface area contributed by atoms with Gasteiger partial charge in [0, 0.05) is 6.04 Å². The van der Waals surface area contributed by atoms with E-state index in [2.05, 4.69) is 51.8 Å². The first-order chi connectivity index (χ1) is 9.21. The minimum absolute atomic E-state index is 0.0162. The number of rotatable bonds is 4. The third kappa shape index (κ3) is 3.19. The molecule has 1 aliphatic heterocycles. The standard InChI is InChI=1S/C17H32N2O/c1-11(2)9-14-18-15(12(3)4)16(20)19(14)13-7-8-17(5,6)10-13/h11-15,18H,7-10H2,1-6H3. The van der Waals surface area contributed by atoms with Crippen molar-refractivity contribution in [2.24, 2.45) is 17.3 Å². The molecule has 1 saturated carbocycles. The van der Waals surface area contributed by atoms with Crippen molar-refractivity contribution < 1.29 is 4.79 Å². The first kappa shape index (κ1) is 15.8. The SMILES string of the molecule is CC(C)CC1NC(C(C)C)C(=O)N1C1CCC(C)(C)C1. The third-order valence-corrected chi connectivity index (χ3v) is 4.93. The molecule has 1 amide bonds. The highest BCUT2D eigenvalue weighted by atomic mass is 16.2. The van der Waals surface area contributed by atoms with Gasteiger partial charge < -0.3 is 4.90 Å². The number of carbonyl (C=O) groups excluding carboxylic acids is 1. The number of nitrogens with zero attached hydrogens (tertiary/aromatic N) is 1. The third-order valence-electron chi connectivity index (χ3n) is 4.93. The molecule has 3 heteroatoms. The lowest BCUT2D eigenvalue weighted by atomic mass is 9.91. The summed E-state index contributed by atoms with van der Waals surface area (Å²) in [6.45, 7) is 13.4. The molecular weight excluding hydrogens is 248 g/mol. The van der Waals surface area contributed by atoms with Crippen molar-refractivity contribution in [2.45, 2.75) is 85.5 Å². The zero-order chi connectivity index (χ0) is 15.1. The predicted molar refractivity (Wildman–Crippen MR) is 83.3 cm³/mol. The van der Waals surface area contributed by atoms with Gasteiger partial charge in [0.05, 0.1) is 12.2 Å². The van der Waals surface area contributed by atoms with E-state index in [0.29, 0.717) is 29.2 Å². The Hall–Kier alpha value is -0.570. The summed E-state index contributed by atoms with van der Waals surface area (Å²) in [5.74, 6) is 1.33. The van der Waals surface area contributed by atoms with Crippen molar-refractivity contribution in [1.29, 1.82) is 0 Å². The smallest absolute Gasteiger partial charge is 0.241 e. The van der Waals surface area contributed by atoms with Crippen molar-refractivity contribution >= 4 is 5.91 Å². The average Bonchev–Trinajstić information content (AvgIpc) is 2.78. The molecule has 116 valence electrons. The fourth-order valence-corrected chi connectivity index (χ4v) is 3.85. The summed E-state index contributed by atoms with van der Waals surface area (Å²) in [4.78, 5) is 15.0. The van der Waals surface area contributed by atoms with Crippen molar-refractivity contribution in [3.05, 3.63) is 0 Å². The van der Waals surface area contributed by atoms with E-state index in [1.165, 1.54) is 12.8 Å². The van der Waals surface area contributed by atoms with Gasteiger partial charge in [-0.05, 0) is 42.9 Å². The Morgan fingerprint density at radius 3 is 2.40 bits per heavy atom. The minimum Gasteiger partial charge on any atom is -0.323 e. The van der Waals surface area contributed by atoms with Crippen LogP contribution in [0.3, 0.4) is 0 Å². The van der Waals surface area contributed by atoms with Crippen LogP contribution >= 0.6 is 0 Å². The summed E-state index contributed by atoms with van der Waals surface area (Å²) < 4.78 is 0. The van der Waals surface area contributed by atoms with E-state index in [4.69, 9.17) is 0 Å². The molecule has 1 aliphatic carbocycles. The van der Waals surface area contributed by atoms with Crippen LogP contribution in [0.15, 0.2) is 0 Å². The van der Waals surface area contributed by atoms with E-state index in [9.17, 15) is 4.79 Å². The summed E-state index contributed by atoms with van der Waals surface area (Å²) in [7, 11) is 0. The Balaban J connectivity index is 2.16. The summed E-state index contributed by atoms with van der Waals surface area (Å²) in [6, 6.07) is 0.458. The predicted octanol–water partition coefficient (Wildman–Crippen LogP) is 3.39. The average molecular weight is 280 g/mol. The molecule has 3 nitrogen and oxygen atoms in total. The normalized spacial score (nSPS) is 33.7. The van der Waals surface area contributed by atoms with Gasteiger partial charge in [0.2, 0.25) is 5.91 Å². The van der Waals surface area contributed by atoms with E-state index in [1.54, 1.807) is 0 Å². The molecule has 2 aliphatic rings. The number of nitrogens with one attached hydrogen (secondary N) is 1. The summed E-state index contributed by atoms with van der Waals surface area (Å²) in [5.41, 5.74) is 0.392. The fourth-order valence-electron chi connectivity index (χ4n) is 3.85. The Morgan fingerprint density at radius 2 is 1.95 bits per heavy atom. The molecule has 1 N–H and O–H groups in total. The highest BCUT2D eigenvalue weighted by Crippen LogP contribution is 2.41. The number of hydrogen-bond donors (Lipinski definition) is 1. The van der Waals surface area contributed by atoms with Crippen LogP contribution in [-0.4, -0.2) is 29.1 Å². The van der Waals surface area contributed by atoms with Gasteiger partial charge in [-0.2, -0.15) is 0 Å². The highest BCUT2D eigenvalue weighted by molar-refractivity contribution is 5.85. The topological polar surface area (TPSA) is 32.3 Å². The van der Waals surface area contributed by atoms with E-state index >= 15 is 0 Å². The van der Waals surface area contributed by atoms with E-state index in [1.807, 2.05) is 0 Å². The molecule has 0 bridgehead atoms. The van der Waals surface area contributed by atoms with Gasteiger partial charge in [-0.25, -0.2) is 0 Å². The second-order valence-electron chi connectivity index (χ2n) is 8.34. The fraction of sp³-hybridized carbons (Fsp3) is 0.941. The van der Waals surface area contributed by atoms with Crippen LogP contribution in [0.4, 0.5) is 0 Å². The molecule has 1 saturated heterocycles. The lowest BCUT2D eigenvalue weighted by Crippen LogP contribution is -2.44. The van der Waals surface area contributed by atoms with Crippen molar-refractivity contribution in [2.75, 3.05) is 0 Å². The molecular formula is C17H32N2O. The van der Waals surface area contributed by atoms with E-state index in [-0.39, 0.29) is 12.2 Å². The van der Waals surface area contributed by atoms with E-state index < -0.39 is 0 Å². The number of amides is 1. The number of hydrogen-bond acceptors (Lipinski definition) is 2. The lowest BCUT2D eigenvalue weighted by molar-refractivity contribution is -0.133. The largest absolute Gasteiger partial charge is 0.323 e. The molecule has 0 aromatic heterocycles. The highest BCUT2D eigenvalue weighted by Gasteiger charge is 2.46.